The molecule has 1 saturated heterocycles. The summed E-state index contributed by atoms with van der Waals surface area (Å²) in [5, 5.41) is 5.07. The molecule has 21 heavy (non-hydrogen) atoms. The van der Waals surface area contributed by atoms with Gasteiger partial charge in [0.1, 0.15) is 5.75 Å². The highest BCUT2D eigenvalue weighted by atomic mass is 32.2. The van der Waals surface area contributed by atoms with E-state index in [1.54, 1.807) is 7.11 Å². The lowest BCUT2D eigenvalue weighted by atomic mass is 10.0. The van der Waals surface area contributed by atoms with Crippen molar-refractivity contribution in [3.05, 3.63) is 29.8 Å². The van der Waals surface area contributed by atoms with E-state index in [1.807, 2.05) is 24.3 Å². The molecule has 0 bridgehead atoms. The van der Waals surface area contributed by atoms with Gasteiger partial charge in [-0.25, -0.2) is 9.86 Å². The topological polar surface area (TPSA) is 84.7 Å². The Kier molecular flexibility index (Phi) is 5.58. The zero-order valence-corrected chi connectivity index (χ0v) is 13.1. The fourth-order valence-electron chi connectivity index (χ4n) is 2.80. The molecule has 1 heterocycles. The van der Waals surface area contributed by atoms with Crippen molar-refractivity contribution in [2.24, 2.45) is 5.14 Å². The first-order valence-electron chi connectivity index (χ1n) is 7.15. The first kappa shape index (κ1) is 16.2. The van der Waals surface area contributed by atoms with Crippen LogP contribution >= 0.6 is 0 Å². The van der Waals surface area contributed by atoms with Crippen LogP contribution in [0.3, 0.4) is 0 Å². The highest BCUT2D eigenvalue weighted by Crippen LogP contribution is 2.30. The summed E-state index contributed by atoms with van der Waals surface area (Å²) in [4.78, 5) is 2.29. The van der Waals surface area contributed by atoms with Gasteiger partial charge in [0.05, 0.1) is 13.2 Å². The number of nitrogens with one attached hydrogen (secondary N) is 1. The molecule has 3 N–H and O–H groups in total. The average Bonchev–Trinajstić information content (AvgIpc) is 2.48. The van der Waals surface area contributed by atoms with Gasteiger partial charge in [-0.05, 0) is 32.0 Å². The minimum atomic E-state index is -3.70. The molecule has 1 aromatic rings. The molecule has 1 aliphatic heterocycles. The maximum atomic E-state index is 11.2. The molecule has 0 spiro atoms. The molecule has 1 aromatic carbocycles. The van der Waals surface area contributed by atoms with Gasteiger partial charge in [0.2, 0.25) is 0 Å². The van der Waals surface area contributed by atoms with Gasteiger partial charge >= 0.3 is 0 Å². The Hall–Kier alpha value is -1.15. The number of nitrogens with zero attached hydrogens (tertiary/aromatic N) is 1. The van der Waals surface area contributed by atoms with Crippen LogP contribution in [-0.4, -0.2) is 40.1 Å². The molecule has 1 aliphatic rings. The maximum Gasteiger partial charge on any atom is 0.274 e. The van der Waals surface area contributed by atoms with Crippen molar-refractivity contribution in [1.29, 1.82) is 0 Å². The number of likely N-dealkylation sites (tertiary alicyclic amines) is 1. The average molecular weight is 313 g/mol. The van der Waals surface area contributed by atoms with Crippen LogP contribution in [0.5, 0.6) is 5.75 Å². The molecule has 6 nitrogen and oxygen atoms in total. The van der Waals surface area contributed by atoms with Crippen molar-refractivity contribution in [3.63, 3.8) is 0 Å². The number of rotatable bonds is 6. The summed E-state index contributed by atoms with van der Waals surface area (Å²) in [5.74, 6) is 0.768. The molecular weight excluding hydrogens is 290 g/mol. The number of ether oxygens (including phenoxy) is 1. The third-order valence-electron chi connectivity index (χ3n) is 3.81. The van der Waals surface area contributed by atoms with Crippen LogP contribution in [0.25, 0.3) is 0 Å². The minimum absolute atomic E-state index is 0.0697. The van der Waals surface area contributed by atoms with Crippen LogP contribution in [0.2, 0.25) is 0 Å². The third kappa shape index (κ3) is 4.67. The number of methoxy groups -OCH3 is 1. The summed E-state index contributed by atoms with van der Waals surface area (Å²) in [6, 6.07) is 7.64. The molecule has 1 unspecified atom stereocenters. The minimum Gasteiger partial charge on any atom is -0.496 e. The van der Waals surface area contributed by atoms with E-state index >= 15 is 0 Å². The van der Waals surface area contributed by atoms with E-state index in [1.165, 1.54) is 6.42 Å². The van der Waals surface area contributed by atoms with Crippen LogP contribution in [0.4, 0.5) is 0 Å². The first-order valence-corrected chi connectivity index (χ1v) is 8.70. The Bertz CT molecular complexity index is 556. The normalized spacial score (nSPS) is 18.4. The van der Waals surface area contributed by atoms with Gasteiger partial charge in [-0.3, -0.25) is 4.90 Å². The van der Waals surface area contributed by atoms with Gasteiger partial charge in [0.15, 0.2) is 0 Å². The molecule has 7 heteroatoms. The molecule has 0 aromatic heterocycles. The van der Waals surface area contributed by atoms with Crippen molar-refractivity contribution in [1.82, 2.24) is 9.62 Å². The SMILES string of the molecule is COc1ccccc1C(CNS(N)(=O)=O)N1CCCCC1. The fraction of sp³-hybridized carbons (Fsp3) is 0.571. The molecular formula is C14H23N3O3S. The van der Waals surface area contributed by atoms with Gasteiger partial charge in [0.25, 0.3) is 10.2 Å². The van der Waals surface area contributed by atoms with E-state index in [-0.39, 0.29) is 12.6 Å². The Labute approximate surface area is 126 Å². The molecule has 0 aliphatic carbocycles. The molecule has 1 atom stereocenters. The summed E-state index contributed by atoms with van der Waals surface area (Å²) in [6.07, 6.45) is 3.47. The Morgan fingerprint density at radius 1 is 1.29 bits per heavy atom. The van der Waals surface area contributed by atoms with E-state index in [2.05, 4.69) is 9.62 Å². The fourth-order valence-corrected chi connectivity index (χ4v) is 3.19. The van der Waals surface area contributed by atoms with Crippen molar-refractivity contribution in [2.75, 3.05) is 26.7 Å². The van der Waals surface area contributed by atoms with Gasteiger partial charge in [0, 0.05) is 12.1 Å². The van der Waals surface area contributed by atoms with Gasteiger partial charge in [-0.1, -0.05) is 24.6 Å². The summed E-state index contributed by atoms with van der Waals surface area (Å²) >= 11 is 0. The van der Waals surface area contributed by atoms with Gasteiger partial charge in [-0.15, -0.1) is 0 Å². The Morgan fingerprint density at radius 3 is 2.57 bits per heavy atom. The van der Waals surface area contributed by atoms with E-state index in [0.29, 0.717) is 0 Å². The zero-order valence-electron chi connectivity index (χ0n) is 12.3. The van der Waals surface area contributed by atoms with Crippen LogP contribution < -0.4 is 14.6 Å². The van der Waals surface area contributed by atoms with E-state index in [0.717, 1.165) is 37.2 Å². The standard InChI is InChI=1S/C14H23N3O3S/c1-20-14-8-4-3-7-12(14)13(11-16-21(15,18)19)17-9-5-2-6-10-17/h3-4,7-8,13,16H,2,5-6,9-11H2,1H3,(H2,15,18,19). The Morgan fingerprint density at radius 2 is 1.95 bits per heavy atom. The predicted octanol–water partition coefficient (Wildman–Crippen LogP) is 1.02. The number of para-hydroxylation sites is 1. The molecule has 118 valence electrons. The lowest BCUT2D eigenvalue weighted by Crippen LogP contribution is -2.42. The number of hydrogen-bond acceptors (Lipinski definition) is 4. The second-order valence-electron chi connectivity index (χ2n) is 5.25. The first-order chi connectivity index (χ1) is 10.0. The highest BCUT2D eigenvalue weighted by Gasteiger charge is 2.25. The summed E-state index contributed by atoms with van der Waals surface area (Å²) in [5.41, 5.74) is 0.984. The maximum absolute atomic E-state index is 11.2. The van der Waals surface area contributed by atoms with Crippen molar-refractivity contribution >= 4 is 10.2 Å². The van der Waals surface area contributed by atoms with Crippen LogP contribution in [0, 0.1) is 0 Å². The quantitative estimate of drug-likeness (QED) is 0.821. The third-order valence-corrected chi connectivity index (χ3v) is 4.38. The predicted molar refractivity (Wildman–Crippen MR) is 82.3 cm³/mol. The van der Waals surface area contributed by atoms with E-state index < -0.39 is 10.2 Å². The summed E-state index contributed by atoms with van der Waals surface area (Å²) in [7, 11) is -2.08. The lowest BCUT2D eigenvalue weighted by molar-refractivity contribution is 0.162. The number of nitrogens with two attached hydrogens (primary N) is 1. The molecule has 1 fully saturated rings. The zero-order chi connectivity index (χ0) is 15.3. The summed E-state index contributed by atoms with van der Waals surface area (Å²) < 4.78 is 30.3. The van der Waals surface area contributed by atoms with Crippen LogP contribution in [0.15, 0.2) is 24.3 Å². The molecule has 0 radical (unpaired) electrons. The number of benzene rings is 1. The Balaban J connectivity index is 2.25. The van der Waals surface area contributed by atoms with Crippen molar-refractivity contribution in [2.45, 2.75) is 25.3 Å². The van der Waals surface area contributed by atoms with E-state index in [4.69, 9.17) is 9.88 Å². The monoisotopic (exact) mass is 313 g/mol. The summed E-state index contributed by atoms with van der Waals surface area (Å²) in [6.45, 7) is 2.16. The second-order valence-corrected chi connectivity index (χ2v) is 6.63. The molecule has 0 amide bonds. The highest BCUT2D eigenvalue weighted by molar-refractivity contribution is 7.87. The van der Waals surface area contributed by atoms with Crippen molar-refractivity contribution in [3.8, 4) is 5.75 Å². The van der Waals surface area contributed by atoms with Crippen molar-refractivity contribution < 1.29 is 13.2 Å². The number of piperidine rings is 1. The molecule has 2 rings (SSSR count). The van der Waals surface area contributed by atoms with Gasteiger partial charge in [-0.2, -0.15) is 8.42 Å². The largest absolute Gasteiger partial charge is 0.496 e. The number of hydrogen-bond donors (Lipinski definition) is 2. The van der Waals surface area contributed by atoms with Gasteiger partial charge < -0.3 is 4.74 Å². The smallest absolute Gasteiger partial charge is 0.274 e. The van der Waals surface area contributed by atoms with E-state index in [9.17, 15) is 8.42 Å². The molecule has 0 saturated carbocycles. The van der Waals surface area contributed by atoms with Crippen LogP contribution in [-0.2, 0) is 10.2 Å². The van der Waals surface area contributed by atoms with Crippen LogP contribution in [0.1, 0.15) is 30.9 Å². The lowest BCUT2D eigenvalue weighted by Gasteiger charge is -2.35. The second kappa shape index (κ2) is 7.22.